The molecule has 0 saturated heterocycles. The molecule has 0 aliphatic rings. The SMILES string of the molecule is Cc1ccc(C(N)=S)c(NC(C)c2c(C)noc2C)n1. The van der Waals surface area contributed by atoms with Gasteiger partial charge in [0.25, 0.3) is 0 Å². The highest BCUT2D eigenvalue weighted by atomic mass is 32.1. The van der Waals surface area contributed by atoms with Crippen LogP contribution in [0.5, 0.6) is 0 Å². The van der Waals surface area contributed by atoms with Crippen LogP contribution in [0.2, 0.25) is 0 Å². The van der Waals surface area contributed by atoms with Crippen molar-refractivity contribution in [3.05, 3.63) is 40.4 Å². The molecule has 20 heavy (non-hydrogen) atoms. The molecule has 0 spiro atoms. The summed E-state index contributed by atoms with van der Waals surface area (Å²) in [6, 6.07) is 3.77. The third-order valence-electron chi connectivity index (χ3n) is 3.17. The van der Waals surface area contributed by atoms with Gasteiger partial charge in [0.2, 0.25) is 0 Å². The maximum atomic E-state index is 5.74. The molecule has 1 unspecified atom stereocenters. The van der Waals surface area contributed by atoms with Gasteiger partial charge in [-0.15, -0.1) is 0 Å². The zero-order valence-electron chi connectivity index (χ0n) is 12.0. The Balaban J connectivity index is 2.35. The summed E-state index contributed by atoms with van der Waals surface area (Å²) < 4.78 is 5.19. The number of aromatic nitrogens is 2. The van der Waals surface area contributed by atoms with Crippen molar-refractivity contribution >= 4 is 23.0 Å². The zero-order valence-corrected chi connectivity index (χ0v) is 12.8. The first-order chi connectivity index (χ1) is 9.40. The van der Waals surface area contributed by atoms with Gasteiger partial charge in [-0.1, -0.05) is 17.4 Å². The first-order valence-corrected chi connectivity index (χ1v) is 6.77. The molecule has 106 valence electrons. The van der Waals surface area contributed by atoms with Crippen LogP contribution in [0, 0.1) is 20.8 Å². The van der Waals surface area contributed by atoms with Crippen LogP contribution in [0.4, 0.5) is 5.82 Å². The average molecular weight is 290 g/mol. The van der Waals surface area contributed by atoms with Crippen LogP contribution in [0.1, 0.15) is 41.2 Å². The number of nitrogens with two attached hydrogens (primary N) is 1. The molecule has 0 amide bonds. The van der Waals surface area contributed by atoms with Crippen LogP contribution in [-0.2, 0) is 0 Å². The molecule has 3 N–H and O–H groups in total. The van der Waals surface area contributed by atoms with E-state index >= 15 is 0 Å². The Hall–Kier alpha value is -1.95. The van der Waals surface area contributed by atoms with E-state index in [9.17, 15) is 0 Å². The molecule has 1 atom stereocenters. The van der Waals surface area contributed by atoms with Crippen molar-refractivity contribution in [3.63, 3.8) is 0 Å². The van der Waals surface area contributed by atoms with Gasteiger partial charge in [-0.3, -0.25) is 0 Å². The second-order valence-corrected chi connectivity index (χ2v) is 5.26. The number of hydrogen-bond acceptors (Lipinski definition) is 5. The third kappa shape index (κ3) is 2.80. The Morgan fingerprint density at radius 3 is 2.60 bits per heavy atom. The lowest BCUT2D eigenvalue weighted by molar-refractivity contribution is 0.392. The van der Waals surface area contributed by atoms with E-state index in [4.69, 9.17) is 22.5 Å². The van der Waals surface area contributed by atoms with E-state index in [0.717, 1.165) is 28.3 Å². The second-order valence-electron chi connectivity index (χ2n) is 4.82. The van der Waals surface area contributed by atoms with Crippen molar-refractivity contribution in [1.29, 1.82) is 0 Å². The summed E-state index contributed by atoms with van der Waals surface area (Å²) in [5.41, 5.74) is 9.28. The lowest BCUT2D eigenvalue weighted by Gasteiger charge is -2.17. The van der Waals surface area contributed by atoms with Crippen molar-refractivity contribution in [2.24, 2.45) is 5.73 Å². The van der Waals surface area contributed by atoms with E-state index in [0.29, 0.717) is 10.8 Å². The minimum atomic E-state index is 0.00338. The smallest absolute Gasteiger partial charge is 0.139 e. The molecule has 2 heterocycles. The Morgan fingerprint density at radius 2 is 2.05 bits per heavy atom. The molecule has 2 rings (SSSR count). The van der Waals surface area contributed by atoms with Gasteiger partial charge < -0.3 is 15.6 Å². The predicted molar refractivity (Wildman–Crippen MR) is 82.9 cm³/mol. The molecule has 0 aliphatic carbocycles. The summed E-state index contributed by atoms with van der Waals surface area (Å²) in [6.45, 7) is 7.77. The summed E-state index contributed by atoms with van der Waals surface area (Å²) in [5, 5.41) is 7.31. The zero-order chi connectivity index (χ0) is 14.9. The number of aryl methyl sites for hydroxylation is 3. The van der Waals surface area contributed by atoms with Crippen LogP contribution in [0.15, 0.2) is 16.7 Å². The van der Waals surface area contributed by atoms with E-state index in [2.05, 4.69) is 15.5 Å². The first kappa shape index (κ1) is 14.5. The molecule has 0 aromatic carbocycles. The lowest BCUT2D eigenvalue weighted by Crippen LogP contribution is -2.17. The number of pyridine rings is 1. The number of nitrogens with one attached hydrogen (secondary N) is 1. The number of thiocarbonyl (C=S) groups is 1. The summed E-state index contributed by atoms with van der Waals surface area (Å²) in [5.74, 6) is 1.48. The van der Waals surface area contributed by atoms with E-state index in [1.54, 1.807) is 0 Å². The van der Waals surface area contributed by atoms with Crippen molar-refractivity contribution in [3.8, 4) is 0 Å². The summed E-state index contributed by atoms with van der Waals surface area (Å²) in [7, 11) is 0. The minimum absolute atomic E-state index is 0.00338. The Labute approximate surface area is 123 Å². The van der Waals surface area contributed by atoms with E-state index in [1.165, 1.54) is 0 Å². The molecule has 0 saturated carbocycles. The Bertz CT molecular complexity index is 631. The van der Waals surface area contributed by atoms with Gasteiger partial charge in [0.05, 0.1) is 17.3 Å². The van der Waals surface area contributed by atoms with Crippen molar-refractivity contribution in [2.45, 2.75) is 33.7 Å². The maximum absolute atomic E-state index is 5.74. The maximum Gasteiger partial charge on any atom is 0.139 e. The van der Waals surface area contributed by atoms with Crippen molar-refractivity contribution in [1.82, 2.24) is 10.1 Å². The molecular formula is C14H18N4OS. The second kappa shape index (κ2) is 5.58. The number of nitrogens with zero attached hydrogens (tertiary/aromatic N) is 2. The molecular weight excluding hydrogens is 272 g/mol. The normalized spacial score (nSPS) is 12.2. The van der Waals surface area contributed by atoms with Crippen LogP contribution >= 0.6 is 12.2 Å². The summed E-state index contributed by atoms with van der Waals surface area (Å²) >= 11 is 5.06. The highest BCUT2D eigenvalue weighted by Crippen LogP contribution is 2.25. The molecule has 0 radical (unpaired) electrons. The third-order valence-corrected chi connectivity index (χ3v) is 3.39. The summed E-state index contributed by atoms with van der Waals surface area (Å²) in [6.07, 6.45) is 0. The van der Waals surface area contributed by atoms with E-state index in [1.807, 2.05) is 39.8 Å². The largest absolute Gasteiger partial charge is 0.389 e. The van der Waals surface area contributed by atoms with Gasteiger partial charge in [0.1, 0.15) is 16.6 Å². The van der Waals surface area contributed by atoms with E-state index < -0.39 is 0 Å². The highest BCUT2D eigenvalue weighted by molar-refractivity contribution is 7.80. The summed E-state index contributed by atoms with van der Waals surface area (Å²) in [4.78, 5) is 4.80. The minimum Gasteiger partial charge on any atom is -0.389 e. The lowest BCUT2D eigenvalue weighted by atomic mass is 10.1. The Morgan fingerprint density at radius 1 is 1.35 bits per heavy atom. The number of hydrogen-bond donors (Lipinski definition) is 2. The van der Waals surface area contributed by atoms with Gasteiger partial charge in [0.15, 0.2) is 0 Å². The molecule has 2 aromatic heterocycles. The van der Waals surface area contributed by atoms with Crippen LogP contribution in [-0.4, -0.2) is 15.1 Å². The molecule has 0 bridgehead atoms. The monoisotopic (exact) mass is 290 g/mol. The number of rotatable bonds is 4. The fraction of sp³-hybridized carbons (Fsp3) is 0.357. The van der Waals surface area contributed by atoms with Gasteiger partial charge >= 0.3 is 0 Å². The number of anilines is 1. The van der Waals surface area contributed by atoms with Crippen LogP contribution < -0.4 is 11.1 Å². The quantitative estimate of drug-likeness (QED) is 0.843. The molecule has 5 nitrogen and oxygen atoms in total. The van der Waals surface area contributed by atoms with Crippen molar-refractivity contribution in [2.75, 3.05) is 5.32 Å². The topological polar surface area (TPSA) is 77.0 Å². The van der Waals surface area contributed by atoms with Gasteiger partial charge in [-0.2, -0.15) is 0 Å². The van der Waals surface area contributed by atoms with Crippen LogP contribution in [0.3, 0.4) is 0 Å². The average Bonchev–Trinajstić information content (AvgIpc) is 2.68. The van der Waals surface area contributed by atoms with Gasteiger partial charge in [-0.05, 0) is 39.8 Å². The Kier molecular flexibility index (Phi) is 4.04. The predicted octanol–water partition coefficient (Wildman–Crippen LogP) is 2.80. The van der Waals surface area contributed by atoms with Crippen LogP contribution in [0.25, 0.3) is 0 Å². The molecule has 0 aliphatic heterocycles. The first-order valence-electron chi connectivity index (χ1n) is 6.37. The van der Waals surface area contributed by atoms with E-state index in [-0.39, 0.29) is 6.04 Å². The van der Waals surface area contributed by atoms with Crippen molar-refractivity contribution < 1.29 is 4.52 Å². The standard InChI is InChI=1S/C14H18N4OS/c1-7-5-6-11(13(15)20)14(16-7)17-8(2)12-9(3)18-19-10(12)4/h5-6,8H,1-4H3,(H2,15,20)(H,16,17). The molecule has 6 heteroatoms. The molecule has 0 fully saturated rings. The fourth-order valence-electron chi connectivity index (χ4n) is 2.25. The highest BCUT2D eigenvalue weighted by Gasteiger charge is 2.18. The van der Waals surface area contributed by atoms with Gasteiger partial charge in [0, 0.05) is 11.3 Å². The fourth-order valence-corrected chi connectivity index (χ4v) is 2.42. The molecule has 2 aromatic rings. The van der Waals surface area contributed by atoms with Gasteiger partial charge in [-0.25, -0.2) is 4.98 Å².